The van der Waals surface area contributed by atoms with Crippen LogP contribution >= 0.6 is 0 Å². The van der Waals surface area contributed by atoms with Crippen molar-refractivity contribution in [3.05, 3.63) is 53.6 Å². The molecule has 1 aliphatic rings. The molecule has 0 atom stereocenters. The molecule has 2 aromatic carbocycles. The topological polar surface area (TPSA) is 47.6 Å². The molecule has 22 heavy (non-hydrogen) atoms. The van der Waals surface area contributed by atoms with Gasteiger partial charge >= 0.3 is 0 Å². The molecule has 1 N–H and O–H groups in total. The SMILES string of the molecule is Cc1ccc(NC(=O)Cc2ccc3c(c2)OCCCO3)cc1. The number of benzene rings is 2. The Hall–Kier alpha value is -2.49. The molecule has 4 nitrogen and oxygen atoms in total. The average Bonchev–Trinajstić information content (AvgIpc) is 2.74. The van der Waals surface area contributed by atoms with E-state index in [1.807, 2.05) is 49.4 Å². The second-order valence-electron chi connectivity index (χ2n) is 5.42. The second kappa shape index (κ2) is 6.52. The first-order valence-corrected chi connectivity index (χ1v) is 7.46. The lowest BCUT2D eigenvalue weighted by molar-refractivity contribution is -0.115. The molecule has 1 amide bonds. The standard InChI is InChI=1S/C18H19NO3/c1-13-3-6-15(7-4-13)19-18(20)12-14-5-8-16-17(11-14)22-10-2-9-21-16/h3-8,11H,2,9-10,12H2,1H3,(H,19,20). The summed E-state index contributed by atoms with van der Waals surface area (Å²) in [6.45, 7) is 3.33. The number of anilines is 1. The van der Waals surface area contributed by atoms with Gasteiger partial charge in [0.05, 0.1) is 19.6 Å². The first-order chi connectivity index (χ1) is 10.7. The van der Waals surface area contributed by atoms with E-state index in [4.69, 9.17) is 9.47 Å². The van der Waals surface area contributed by atoms with Crippen molar-refractivity contribution in [2.24, 2.45) is 0 Å². The Labute approximate surface area is 130 Å². The number of nitrogens with one attached hydrogen (secondary N) is 1. The van der Waals surface area contributed by atoms with E-state index in [9.17, 15) is 4.79 Å². The molecule has 0 saturated heterocycles. The Bertz CT molecular complexity index is 665. The quantitative estimate of drug-likeness (QED) is 0.945. The molecular formula is C18H19NO3. The number of hydrogen-bond donors (Lipinski definition) is 1. The minimum absolute atomic E-state index is 0.0432. The maximum Gasteiger partial charge on any atom is 0.228 e. The molecule has 0 radical (unpaired) electrons. The van der Waals surface area contributed by atoms with Gasteiger partial charge in [0.1, 0.15) is 0 Å². The Balaban J connectivity index is 1.66. The number of fused-ring (bicyclic) bond motifs is 1. The molecule has 0 unspecified atom stereocenters. The molecule has 114 valence electrons. The first-order valence-electron chi connectivity index (χ1n) is 7.46. The molecule has 0 saturated carbocycles. The molecule has 0 aromatic heterocycles. The zero-order valence-corrected chi connectivity index (χ0v) is 12.6. The van der Waals surface area contributed by atoms with Gasteiger partial charge in [-0.25, -0.2) is 0 Å². The van der Waals surface area contributed by atoms with Crippen LogP contribution < -0.4 is 14.8 Å². The van der Waals surface area contributed by atoms with Crippen molar-refractivity contribution in [2.45, 2.75) is 19.8 Å². The van der Waals surface area contributed by atoms with Gasteiger partial charge in [-0.3, -0.25) is 4.79 Å². The molecule has 0 aliphatic carbocycles. The fraction of sp³-hybridized carbons (Fsp3) is 0.278. The van der Waals surface area contributed by atoms with E-state index < -0.39 is 0 Å². The number of rotatable bonds is 3. The largest absolute Gasteiger partial charge is 0.490 e. The average molecular weight is 297 g/mol. The minimum atomic E-state index is -0.0432. The summed E-state index contributed by atoms with van der Waals surface area (Å²) in [6.07, 6.45) is 1.18. The Morgan fingerprint density at radius 1 is 1.05 bits per heavy atom. The van der Waals surface area contributed by atoms with Crippen molar-refractivity contribution in [1.29, 1.82) is 0 Å². The summed E-state index contributed by atoms with van der Waals surface area (Å²) in [5.74, 6) is 1.43. The van der Waals surface area contributed by atoms with Crippen molar-refractivity contribution in [1.82, 2.24) is 0 Å². The van der Waals surface area contributed by atoms with Crippen LogP contribution in [0.4, 0.5) is 5.69 Å². The molecule has 0 spiro atoms. The zero-order chi connectivity index (χ0) is 15.4. The summed E-state index contributed by atoms with van der Waals surface area (Å²) in [4.78, 5) is 12.1. The predicted octanol–water partition coefficient (Wildman–Crippen LogP) is 3.34. The third-order valence-electron chi connectivity index (χ3n) is 3.51. The van der Waals surface area contributed by atoms with Crippen LogP contribution in [0.15, 0.2) is 42.5 Å². The number of hydrogen-bond acceptors (Lipinski definition) is 3. The van der Waals surface area contributed by atoms with Crippen LogP contribution in [0.2, 0.25) is 0 Å². The van der Waals surface area contributed by atoms with E-state index in [2.05, 4.69) is 5.32 Å². The molecule has 4 heteroatoms. The van der Waals surface area contributed by atoms with E-state index >= 15 is 0 Å². The van der Waals surface area contributed by atoms with E-state index in [1.54, 1.807) is 0 Å². The fourth-order valence-electron chi connectivity index (χ4n) is 2.35. The highest BCUT2D eigenvalue weighted by Gasteiger charge is 2.12. The van der Waals surface area contributed by atoms with Gasteiger partial charge in [0.2, 0.25) is 5.91 Å². The van der Waals surface area contributed by atoms with Crippen LogP contribution in [0.3, 0.4) is 0 Å². The fourth-order valence-corrected chi connectivity index (χ4v) is 2.35. The third-order valence-corrected chi connectivity index (χ3v) is 3.51. The van der Waals surface area contributed by atoms with Gasteiger partial charge in [-0.2, -0.15) is 0 Å². The predicted molar refractivity (Wildman–Crippen MR) is 85.6 cm³/mol. The molecule has 2 aromatic rings. The highest BCUT2D eigenvalue weighted by atomic mass is 16.5. The van der Waals surface area contributed by atoms with Gasteiger partial charge in [-0.15, -0.1) is 0 Å². The lowest BCUT2D eigenvalue weighted by atomic mass is 10.1. The number of carbonyl (C=O) groups is 1. The Morgan fingerprint density at radius 2 is 1.77 bits per heavy atom. The van der Waals surface area contributed by atoms with Crippen LogP contribution in [0.25, 0.3) is 0 Å². The van der Waals surface area contributed by atoms with Crippen LogP contribution in [0.1, 0.15) is 17.5 Å². The first kappa shape index (κ1) is 14.4. The van der Waals surface area contributed by atoms with E-state index in [0.717, 1.165) is 29.2 Å². The van der Waals surface area contributed by atoms with Crippen molar-refractivity contribution >= 4 is 11.6 Å². The lowest BCUT2D eigenvalue weighted by Gasteiger charge is -2.10. The van der Waals surface area contributed by atoms with Crippen LogP contribution in [-0.2, 0) is 11.2 Å². The van der Waals surface area contributed by atoms with Crippen molar-refractivity contribution in [3.63, 3.8) is 0 Å². The van der Waals surface area contributed by atoms with Crippen molar-refractivity contribution in [2.75, 3.05) is 18.5 Å². The highest BCUT2D eigenvalue weighted by molar-refractivity contribution is 5.92. The molecule has 3 rings (SSSR count). The summed E-state index contributed by atoms with van der Waals surface area (Å²) in [5, 5.41) is 2.90. The molecular weight excluding hydrogens is 278 g/mol. The van der Waals surface area contributed by atoms with Gasteiger partial charge < -0.3 is 14.8 Å². The van der Waals surface area contributed by atoms with Crippen molar-refractivity contribution in [3.8, 4) is 11.5 Å². The maximum absolute atomic E-state index is 12.1. The van der Waals surface area contributed by atoms with Gasteiger partial charge in [-0.05, 0) is 36.8 Å². The van der Waals surface area contributed by atoms with Gasteiger partial charge in [0, 0.05) is 12.1 Å². The number of amides is 1. The summed E-state index contributed by atoms with van der Waals surface area (Å²) in [7, 11) is 0. The number of carbonyl (C=O) groups excluding carboxylic acids is 1. The molecule has 0 bridgehead atoms. The molecule has 0 fully saturated rings. The number of ether oxygens (including phenoxy) is 2. The van der Waals surface area contributed by atoms with Crippen LogP contribution in [0, 0.1) is 6.92 Å². The normalized spacial score (nSPS) is 13.3. The van der Waals surface area contributed by atoms with E-state index in [0.29, 0.717) is 19.6 Å². The lowest BCUT2D eigenvalue weighted by Crippen LogP contribution is -2.14. The summed E-state index contributed by atoms with van der Waals surface area (Å²) < 4.78 is 11.2. The highest BCUT2D eigenvalue weighted by Crippen LogP contribution is 2.30. The van der Waals surface area contributed by atoms with E-state index in [-0.39, 0.29) is 5.91 Å². The summed E-state index contributed by atoms with van der Waals surface area (Å²) in [6, 6.07) is 13.4. The Morgan fingerprint density at radius 3 is 2.55 bits per heavy atom. The molecule has 1 aliphatic heterocycles. The monoisotopic (exact) mass is 297 g/mol. The van der Waals surface area contributed by atoms with Crippen LogP contribution in [-0.4, -0.2) is 19.1 Å². The maximum atomic E-state index is 12.1. The number of aryl methyl sites for hydroxylation is 1. The smallest absolute Gasteiger partial charge is 0.228 e. The molecule has 1 heterocycles. The third kappa shape index (κ3) is 3.58. The Kier molecular flexibility index (Phi) is 4.28. The van der Waals surface area contributed by atoms with Gasteiger partial charge in [0.25, 0.3) is 0 Å². The van der Waals surface area contributed by atoms with Crippen molar-refractivity contribution < 1.29 is 14.3 Å². The zero-order valence-electron chi connectivity index (χ0n) is 12.6. The summed E-state index contributed by atoms with van der Waals surface area (Å²) in [5.41, 5.74) is 2.89. The minimum Gasteiger partial charge on any atom is -0.490 e. The van der Waals surface area contributed by atoms with Gasteiger partial charge in [0.15, 0.2) is 11.5 Å². The van der Waals surface area contributed by atoms with Gasteiger partial charge in [-0.1, -0.05) is 23.8 Å². The second-order valence-corrected chi connectivity index (χ2v) is 5.42. The van der Waals surface area contributed by atoms with Crippen LogP contribution in [0.5, 0.6) is 11.5 Å². The van der Waals surface area contributed by atoms with E-state index in [1.165, 1.54) is 5.56 Å². The summed E-state index contributed by atoms with van der Waals surface area (Å²) >= 11 is 0.